The van der Waals surface area contributed by atoms with Crippen LogP contribution in [-0.2, 0) is 15.6 Å². The van der Waals surface area contributed by atoms with Gasteiger partial charge in [0.15, 0.2) is 11.2 Å². The van der Waals surface area contributed by atoms with Gasteiger partial charge in [-0.05, 0) is 18.1 Å². The average Bonchev–Trinajstić information content (AvgIpc) is 3.23. The van der Waals surface area contributed by atoms with Gasteiger partial charge in [-0.3, -0.25) is 4.98 Å². The molecule has 5 rings (SSSR count). The van der Waals surface area contributed by atoms with Crippen molar-refractivity contribution in [2.45, 2.75) is 41.8 Å². The number of pyridine rings is 1. The van der Waals surface area contributed by atoms with Gasteiger partial charge < -0.3 is 14.9 Å². The van der Waals surface area contributed by atoms with Crippen molar-refractivity contribution in [1.82, 2.24) is 9.29 Å². The van der Waals surface area contributed by atoms with E-state index in [2.05, 4.69) is 11.1 Å². The second kappa shape index (κ2) is 8.13. The predicted molar refractivity (Wildman–Crippen MR) is 134 cm³/mol. The van der Waals surface area contributed by atoms with Crippen LogP contribution in [0.5, 0.6) is 5.75 Å². The summed E-state index contributed by atoms with van der Waals surface area (Å²) in [4.78, 5) is 4.35. The molecule has 2 aliphatic carbocycles. The van der Waals surface area contributed by atoms with Crippen molar-refractivity contribution in [2.75, 3.05) is 14.1 Å². The summed E-state index contributed by atoms with van der Waals surface area (Å²) in [6.45, 7) is 1.83. The Hall–Kier alpha value is -2.74. The number of ether oxygens (including phenoxy) is 1. The molecule has 1 aromatic heterocycles. The highest BCUT2D eigenvalue weighted by atomic mass is 35.5. The molecule has 1 aliphatic heterocycles. The van der Waals surface area contributed by atoms with Gasteiger partial charge in [-0.25, -0.2) is 12.7 Å². The van der Waals surface area contributed by atoms with Gasteiger partial charge >= 0.3 is 0 Å². The monoisotopic (exact) mass is 527 g/mol. The van der Waals surface area contributed by atoms with E-state index in [1.807, 2.05) is 6.92 Å². The first-order valence-corrected chi connectivity index (χ1v) is 13.3. The van der Waals surface area contributed by atoms with Crippen LogP contribution in [0.25, 0.3) is 0 Å². The molecular weight excluding hydrogens is 502 g/mol. The Kier molecular flexibility index (Phi) is 5.63. The lowest BCUT2D eigenvalue weighted by atomic mass is 9.58. The number of nitriles is 1. The maximum Gasteiger partial charge on any atom is 0.219 e. The Morgan fingerprint density at radius 3 is 2.56 bits per heavy atom. The van der Waals surface area contributed by atoms with E-state index in [1.54, 1.807) is 48.6 Å². The molecule has 1 saturated carbocycles. The molecule has 1 unspecified atom stereocenters. The second-order valence-corrected chi connectivity index (χ2v) is 12.7. The number of nitrogens with zero attached hydrogens (tertiary/aromatic N) is 3. The van der Waals surface area contributed by atoms with Crippen LogP contribution in [0.4, 0.5) is 0 Å². The first-order valence-electron chi connectivity index (χ1n) is 11.5. The zero-order chi connectivity index (χ0) is 26.1. The van der Waals surface area contributed by atoms with Crippen LogP contribution in [0.1, 0.15) is 30.5 Å². The molecule has 2 N–H and O–H groups in total. The molecule has 6 atom stereocenters. The summed E-state index contributed by atoms with van der Waals surface area (Å²) in [5.41, 5.74) is -3.96. The first kappa shape index (κ1) is 24.9. The van der Waals surface area contributed by atoms with Gasteiger partial charge in [-0.2, -0.15) is 5.26 Å². The molecule has 0 saturated heterocycles. The fraction of sp³-hybridized carbons (Fsp3) is 0.385. The lowest BCUT2D eigenvalue weighted by Gasteiger charge is -2.51. The largest absolute Gasteiger partial charge is 0.480 e. The van der Waals surface area contributed by atoms with E-state index in [9.17, 15) is 23.9 Å². The van der Waals surface area contributed by atoms with Gasteiger partial charge in [-0.15, -0.1) is 0 Å². The van der Waals surface area contributed by atoms with Gasteiger partial charge in [0.2, 0.25) is 10.0 Å². The van der Waals surface area contributed by atoms with Crippen molar-refractivity contribution in [3.05, 3.63) is 82.7 Å². The lowest BCUT2D eigenvalue weighted by Crippen LogP contribution is -2.63. The van der Waals surface area contributed by atoms with Crippen LogP contribution < -0.4 is 4.74 Å². The summed E-state index contributed by atoms with van der Waals surface area (Å²) in [5.74, 6) is -0.846. The van der Waals surface area contributed by atoms with Crippen LogP contribution in [0.2, 0.25) is 5.02 Å². The Labute approximate surface area is 215 Å². The van der Waals surface area contributed by atoms with Crippen molar-refractivity contribution >= 4 is 21.6 Å². The highest BCUT2D eigenvalue weighted by Gasteiger charge is 2.82. The number of benzene rings is 1. The molecule has 188 valence electrons. The van der Waals surface area contributed by atoms with E-state index < -0.39 is 43.9 Å². The molecule has 36 heavy (non-hydrogen) atoms. The van der Waals surface area contributed by atoms with Crippen molar-refractivity contribution in [1.29, 1.82) is 5.26 Å². The van der Waals surface area contributed by atoms with Crippen LogP contribution in [0.15, 0.2) is 66.4 Å². The average molecular weight is 528 g/mol. The van der Waals surface area contributed by atoms with Gasteiger partial charge in [0.25, 0.3) is 0 Å². The number of allylic oxidation sites excluding steroid dienone is 3. The van der Waals surface area contributed by atoms with Crippen molar-refractivity contribution in [3.8, 4) is 11.8 Å². The summed E-state index contributed by atoms with van der Waals surface area (Å²) in [6.07, 6.45) is 4.91. The third-order valence-electron chi connectivity index (χ3n) is 7.89. The smallest absolute Gasteiger partial charge is 0.219 e. The molecule has 1 fully saturated rings. The minimum atomic E-state index is -4.14. The summed E-state index contributed by atoms with van der Waals surface area (Å²) in [6, 6.07) is 12.5. The quantitative estimate of drug-likeness (QED) is 0.626. The Bertz CT molecular complexity index is 1440. The summed E-state index contributed by atoms with van der Waals surface area (Å²) < 4.78 is 35.3. The third-order valence-corrected chi connectivity index (χ3v) is 10.3. The zero-order valence-electron chi connectivity index (χ0n) is 20.0. The van der Waals surface area contributed by atoms with Crippen molar-refractivity contribution in [3.63, 3.8) is 0 Å². The number of hydrogen-bond donors (Lipinski definition) is 2. The molecule has 1 aromatic carbocycles. The standard InChI is InChI=1S/C26H26ClN3O5S/c1-24(11-9-16(14-28)10-12-24)26-20(17-7-5-4-6-8-17)21(36(33,34)30(2)3)23(31)25(26,32)22-19(35-26)13-18(27)15-29-22/h4-11,13,15,20-21,23,31-32H,12H2,1-3H3/t20-,21-,23-,24?,25+,26-/m1/s1. The Morgan fingerprint density at radius 2 is 1.97 bits per heavy atom. The predicted octanol–water partition coefficient (Wildman–Crippen LogP) is 2.89. The highest BCUT2D eigenvalue weighted by molar-refractivity contribution is 7.89. The van der Waals surface area contributed by atoms with E-state index in [-0.39, 0.29) is 22.9 Å². The van der Waals surface area contributed by atoms with E-state index >= 15 is 0 Å². The third kappa shape index (κ3) is 3.03. The highest BCUT2D eigenvalue weighted by Crippen LogP contribution is 2.70. The lowest BCUT2D eigenvalue weighted by molar-refractivity contribution is -0.185. The molecule has 3 aliphatic rings. The molecular formula is C26H26ClN3O5S. The molecule has 10 heteroatoms. The number of aliphatic hydroxyl groups excluding tert-OH is 1. The van der Waals surface area contributed by atoms with Gasteiger partial charge in [-0.1, -0.05) is 61.0 Å². The van der Waals surface area contributed by atoms with E-state index in [1.165, 1.54) is 26.4 Å². The number of aromatic nitrogens is 1. The van der Waals surface area contributed by atoms with E-state index in [4.69, 9.17) is 16.3 Å². The molecule has 2 heterocycles. The Morgan fingerprint density at radius 1 is 1.28 bits per heavy atom. The topological polar surface area (TPSA) is 124 Å². The molecule has 0 spiro atoms. The molecule has 0 radical (unpaired) electrons. The maximum atomic E-state index is 13.8. The second-order valence-electron chi connectivity index (χ2n) is 9.96. The zero-order valence-corrected chi connectivity index (χ0v) is 21.5. The summed E-state index contributed by atoms with van der Waals surface area (Å²) >= 11 is 6.21. The SMILES string of the molecule is CN(C)S(=O)(=O)[C@@H]1[C@@H](c2ccccc2)[C@]2(C3(C)C=CC(C#N)=CC3)Oc3cc(Cl)cnc3[C@]2(O)[C@@H]1O. The van der Waals surface area contributed by atoms with Gasteiger partial charge in [0, 0.05) is 43.3 Å². The number of rotatable bonds is 4. The number of sulfonamides is 1. The first-order chi connectivity index (χ1) is 16.9. The normalized spacial score (nSPS) is 35.1. The van der Waals surface area contributed by atoms with Gasteiger partial charge in [0.05, 0.1) is 11.1 Å². The van der Waals surface area contributed by atoms with E-state index in [0.29, 0.717) is 11.1 Å². The summed E-state index contributed by atoms with van der Waals surface area (Å²) in [7, 11) is -1.35. The summed E-state index contributed by atoms with van der Waals surface area (Å²) in [5, 5.41) is 32.7. The molecule has 8 nitrogen and oxygen atoms in total. The van der Waals surface area contributed by atoms with Crippen LogP contribution in [-0.4, -0.2) is 59.0 Å². The Balaban J connectivity index is 1.88. The number of aliphatic hydroxyl groups is 2. The molecule has 0 bridgehead atoms. The number of halogens is 1. The minimum Gasteiger partial charge on any atom is -0.480 e. The van der Waals surface area contributed by atoms with Crippen LogP contribution in [0.3, 0.4) is 0 Å². The minimum absolute atomic E-state index is 0.0291. The maximum absolute atomic E-state index is 13.8. The van der Waals surface area contributed by atoms with Gasteiger partial charge in [0.1, 0.15) is 22.8 Å². The van der Waals surface area contributed by atoms with Crippen molar-refractivity contribution < 1.29 is 23.4 Å². The van der Waals surface area contributed by atoms with Crippen LogP contribution in [0, 0.1) is 16.7 Å². The molecule has 2 aromatic rings. The molecule has 0 amide bonds. The van der Waals surface area contributed by atoms with Crippen molar-refractivity contribution in [2.24, 2.45) is 5.41 Å². The van der Waals surface area contributed by atoms with Crippen LogP contribution >= 0.6 is 11.6 Å². The number of fused-ring (bicyclic) bond motifs is 3. The van der Waals surface area contributed by atoms with E-state index in [0.717, 1.165) is 4.31 Å². The fourth-order valence-corrected chi connectivity index (χ4v) is 8.03. The fourth-order valence-electron chi connectivity index (χ4n) is 6.18. The number of hydrogen-bond acceptors (Lipinski definition) is 7.